The lowest BCUT2D eigenvalue weighted by molar-refractivity contribution is 0.0903. The van der Waals surface area contributed by atoms with Crippen molar-refractivity contribution in [3.8, 4) is 11.5 Å². The zero-order valence-corrected chi connectivity index (χ0v) is 45.9. The third kappa shape index (κ3) is 18.7. The van der Waals surface area contributed by atoms with Crippen molar-refractivity contribution in [2.45, 2.75) is 261 Å². The minimum absolute atomic E-state index is 0.105. The first-order valence-electron chi connectivity index (χ1n) is 25.9. The summed E-state index contributed by atoms with van der Waals surface area (Å²) in [5.74, 6) is 3.30. The Morgan fingerprint density at radius 1 is 0.438 bits per heavy atom. The molecule has 2 rings (SSSR count). The largest absolute Gasteiger partial charge is 0.427 e. The second-order valence-electron chi connectivity index (χ2n) is 23.2. The molecule has 64 heavy (non-hydrogen) atoms. The second-order valence-corrected chi connectivity index (χ2v) is 24.5. The van der Waals surface area contributed by atoms with Crippen LogP contribution in [-0.4, -0.2) is 19.6 Å². The van der Waals surface area contributed by atoms with Crippen molar-refractivity contribution in [1.29, 1.82) is 0 Å². The van der Waals surface area contributed by atoms with E-state index in [0.29, 0.717) is 11.5 Å². The van der Waals surface area contributed by atoms with Crippen molar-refractivity contribution in [2.75, 3.05) is 0 Å². The predicted octanol–water partition coefficient (Wildman–Crippen LogP) is 17.9. The highest BCUT2D eigenvalue weighted by molar-refractivity contribution is 7.40. The Morgan fingerprint density at radius 3 is 1.02 bits per heavy atom. The molecule has 0 saturated heterocycles. The first-order chi connectivity index (χ1) is 29.9. The molecule has 0 bridgehead atoms. The summed E-state index contributed by atoms with van der Waals surface area (Å²) in [5, 5.41) is 0. The monoisotopic (exact) mass is 931 g/mol. The van der Waals surface area contributed by atoms with E-state index in [9.17, 15) is 19.6 Å². The first kappa shape index (κ1) is 58.9. The molecule has 4 N–H and O–H groups in total. The normalized spacial score (nSPS) is 13.1. The average Bonchev–Trinajstić information content (AvgIpc) is 3.16. The van der Waals surface area contributed by atoms with Gasteiger partial charge < -0.3 is 28.6 Å². The van der Waals surface area contributed by atoms with Gasteiger partial charge in [0.25, 0.3) is 0 Å². The fourth-order valence-electron chi connectivity index (χ4n) is 10.8. The van der Waals surface area contributed by atoms with E-state index >= 15 is 0 Å². The van der Waals surface area contributed by atoms with Crippen LogP contribution in [0.1, 0.15) is 265 Å². The summed E-state index contributed by atoms with van der Waals surface area (Å²) in [7, 11) is -5.21. The number of hydrogen-bond acceptors (Lipinski definition) is 6. The molecule has 0 aromatic heterocycles. The van der Waals surface area contributed by atoms with Crippen LogP contribution in [-0.2, 0) is 16.2 Å². The quantitative estimate of drug-likeness (QED) is 0.0431. The van der Waals surface area contributed by atoms with Crippen LogP contribution in [0.25, 0.3) is 0 Å². The van der Waals surface area contributed by atoms with Gasteiger partial charge in [-0.25, -0.2) is 0 Å². The smallest absolute Gasteiger partial charge is 0.391 e. The molecule has 370 valence electrons. The lowest BCUT2D eigenvalue weighted by atomic mass is 9.49. The molecule has 2 aromatic carbocycles. The van der Waals surface area contributed by atoms with Gasteiger partial charge in [0.1, 0.15) is 11.5 Å². The summed E-state index contributed by atoms with van der Waals surface area (Å²) < 4.78 is 11.8. The van der Waals surface area contributed by atoms with E-state index in [1.165, 1.54) is 120 Å². The Labute approximate surface area is 397 Å². The van der Waals surface area contributed by atoms with E-state index in [1.54, 1.807) is 0 Å². The van der Waals surface area contributed by atoms with Crippen molar-refractivity contribution in [3.05, 3.63) is 57.6 Å². The molecule has 2 aromatic rings. The third-order valence-corrected chi connectivity index (χ3v) is 15.1. The molecule has 0 aliphatic carbocycles. The molecule has 8 heteroatoms. The first-order valence-corrected chi connectivity index (χ1v) is 28.3. The van der Waals surface area contributed by atoms with E-state index in [4.69, 9.17) is 9.05 Å². The highest BCUT2D eigenvalue weighted by atomic mass is 31.2. The van der Waals surface area contributed by atoms with Crippen LogP contribution < -0.4 is 9.05 Å². The standard InChI is InChI=1S/C56H100O6P2/c1-16-55(35-29-23-17-20-26-32-42(2)3,36-30-24-18-21-27-33-43(4)5)56(37-31-25-19-22-28-34-44(6)7,47-40-49(53(10,11)12)51(38-45(47)8)61-63(57)58)48-41-50(54(13,14)15)52(39-46(48)9)62-64(59)60/h38-44,57-60H,16-37H2,1-15H3. The maximum absolute atomic E-state index is 10.3. The van der Waals surface area contributed by atoms with E-state index in [1.807, 2.05) is 0 Å². The molecule has 0 aliphatic rings. The van der Waals surface area contributed by atoms with Gasteiger partial charge >= 0.3 is 17.2 Å². The molecule has 0 heterocycles. The van der Waals surface area contributed by atoms with Crippen LogP contribution in [0, 0.1) is 37.0 Å². The highest BCUT2D eigenvalue weighted by Gasteiger charge is 2.53. The maximum atomic E-state index is 10.3. The zero-order valence-electron chi connectivity index (χ0n) is 44.1. The predicted molar refractivity (Wildman–Crippen MR) is 279 cm³/mol. The lowest BCUT2D eigenvalue weighted by Gasteiger charge is -2.54. The summed E-state index contributed by atoms with van der Waals surface area (Å²) in [6, 6.07) is 9.03. The number of aryl methyl sites for hydroxylation is 2. The van der Waals surface area contributed by atoms with Gasteiger partial charge in [0.15, 0.2) is 0 Å². The van der Waals surface area contributed by atoms with Gasteiger partial charge in [-0.05, 0) is 108 Å². The Morgan fingerprint density at radius 2 is 0.734 bits per heavy atom. The van der Waals surface area contributed by atoms with Crippen LogP contribution >= 0.6 is 17.2 Å². The molecule has 0 aliphatic heterocycles. The molecule has 0 amide bonds. The van der Waals surface area contributed by atoms with Gasteiger partial charge in [0.05, 0.1) is 0 Å². The van der Waals surface area contributed by atoms with Gasteiger partial charge in [-0.15, -0.1) is 0 Å². The van der Waals surface area contributed by atoms with Crippen LogP contribution in [0.3, 0.4) is 0 Å². The van der Waals surface area contributed by atoms with E-state index < -0.39 is 22.6 Å². The summed E-state index contributed by atoms with van der Waals surface area (Å²) in [6.07, 6.45) is 26.7. The topological polar surface area (TPSA) is 99.4 Å². The molecular formula is C56H100O6P2. The van der Waals surface area contributed by atoms with Crippen LogP contribution in [0.5, 0.6) is 11.5 Å². The fraction of sp³-hybridized carbons (Fsp3) is 0.786. The van der Waals surface area contributed by atoms with Gasteiger partial charge in [0.2, 0.25) is 0 Å². The molecule has 0 fully saturated rings. The van der Waals surface area contributed by atoms with E-state index in [0.717, 1.165) is 72.1 Å². The summed E-state index contributed by atoms with van der Waals surface area (Å²) in [4.78, 5) is 41.1. The Hall–Kier alpha value is -1.26. The SMILES string of the molecule is CCC(CCCCCCCC(C)C)(CCCCCCCC(C)C)C(CCCCCCCC(C)C)(c1cc(C(C)(C)C)c(OP(O)O)cc1C)c1cc(C(C)(C)C)c(OP(O)O)cc1C. The summed E-state index contributed by atoms with van der Waals surface area (Å²) >= 11 is 0. The molecule has 0 radical (unpaired) electrons. The van der Waals surface area contributed by atoms with Crippen LogP contribution in [0.15, 0.2) is 24.3 Å². The molecule has 6 nitrogen and oxygen atoms in total. The Bertz CT molecular complexity index is 1500. The molecule has 0 saturated carbocycles. The van der Waals surface area contributed by atoms with Gasteiger partial charge in [-0.3, -0.25) is 0 Å². The van der Waals surface area contributed by atoms with Crippen molar-refractivity contribution >= 4 is 17.2 Å². The molecule has 0 atom stereocenters. The van der Waals surface area contributed by atoms with Crippen molar-refractivity contribution in [3.63, 3.8) is 0 Å². The Balaban J connectivity index is 3.16. The van der Waals surface area contributed by atoms with E-state index in [-0.39, 0.29) is 16.2 Å². The van der Waals surface area contributed by atoms with E-state index in [2.05, 4.69) is 128 Å². The minimum Gasteiger partial charge on any atom is -0.427 e. The third-order valence-electron chi connectivity index (χ3n) is 14.3. The Kier molecular flexibility index (Phi) is 26.0. The second kappa shape index (κ2) is 28.3. The highest BCUT2D eigenvalue weighted by Crippen LogP contribution is 2.61. The molecule has 0 spiro atoms. The van der Waals surface area contributed by atoms with Gasteiger partial charge in [-0.1, -0.05) is 218 Å². The minimum atomic E-state index is -2.61. The number of unbranched alkanes of at least 4 members (excludes halogenated alkanes) is 12. The summed E-state index contributed by atoms with van der Waals surface area (Å²) in [6.45, 7) is 34.1. The van der Waals surface area contributed by atoms with Crippen molar-refractivity contribution in [1.82, 2.24) is 0 Å². The number of benzene rings is 2. The van der Waals surface area contributed by atoms with Gasteiger partial charge in [-0.2, -0.15) is 0 Å². The number of rotatable bonds is 32. The van der Waals surface area contributed by atoms with Crippen molar-refractivity contribution < 1.29 is 28.6 Å². The zero-order chi connectivity index (χ0) is 48.3. The van der Waals surface area contributed by atoms with Gasteiger partial charge in [0, 0.05) is 16.5 Å². The lowest BCUT2D eigenvalue weighted by Crippen LogP contribution is -2.48. The average molecular weight is 931 g/mol. The molecular weight excluding hydrogens is 831 g/mol. The number of hydrogen-bond donors (Lipinski definition) is 4. The maximum Gasteiger partial charge on any atom is 0.391 e. The fourth-order valence-corrected chi connectivity index (χ4v) is 11.5. The summed E-state index contributed by atoms with van der Waals surface area (Å²) in [5.41, 5.74) is 5.64. The van der Waals surface area contributed by atoms with Crippen LogP contribution in [0.4, 0.5) is 0 Å². The van der Waals surface area contributed by atoms with Crippen LogP contribution in [0.2, 0.25) is 0 Å². The van der Waals surface area contributed by atoms with Crippen molar-refractivity contribution in [2.24, 2.45) is 23.2 Å². The molecule has 0 unspecified atom stereocenters.